The van der Waals surface area contributed by atoms with E-state index in [2.05, 4.69) is 28.9 Å². The van der Waals surface area contributed by atoms with E-state index in [0.717, 1.165) is 21.1 Å². The van der Waals surface area contributed by atoms with Crippen LogP contribution in [0.1, 0.15) is 5.56 Å². The van der Waals surface area contributed by atoms with Crippen molar-refractivity contribution in [3.63, 3.8) is 0 Å². The zero-order chi connectivity index (χ0) is 8.72. The lowest BCUT2D eigenvalue weighted by Gasteiger charge is -1.94. The largest absolute Gasteiger partial charge is 0.472 e. The highest BCUT2D eigenvalue weighted by atomic mass is 79.9. The molecule has 0 saturated heterocycles. The van der Waals surface area contributed by atoms with Gasteiger partial charge in [-0.1, -0.05) is 15.9 Å². The van der Waals surface area contributed by atoms with Crippen molar-refractivity contribution in [3.8, 4) is 0 Å². The number of furan rings is 1. The molecule has 0 aliphatic heterocycles. The number of hydrogen-bond acceptors (Lipinski definition) is 1. The fraction of sp³-hybridized carbons (Fsp3) is 0.111. The van der Waals surface area contributed by atoms with Gasteiger partial charge >= 0.3 is 0 Å². The van der Waals surface area contributed by atoms with Crippen LogP contribution in [0.25, 0.3) is 11.0 Å². The summed E-state index contributed by atoms with van der Waals surface area (Å²) in [5, 5.41) is 1.15. The van der Waals surface area contributed by atoms with Gasteiger partial charge in [0.05, 0.1) is 5.66 Å². The average molecular weight is 223 g/mol. The molecule has 1 heterocycles. The molecule has 3 heteroatoms. The molecule has 2 aromatic rings. The van der Waals surface area contributed by atoms with Crippen LogP contribution in [0.4, 0.5) is 0 Å². The van der Waals surface area contributed by atoms with Gasteiger partial charge in [-0.25, -0.2) is 0 Å². The Hall–Kier alpha value is -0.695. The molecule has 12 heavy (non-hydrogen) atoms. The van der Waals surface area contributed by atoms with Crippen LogP contribution in [0, 0.1) is 6.92 Å². The van der Waals surface area contributed by atoms with E-state index in [9.17, 15) is 0 Å². The second-order valence-corrected chi connectivity index (χ2v) is 3.87. The molecule has 0 N–H and O–H groups in total. The van der Waals surface area contributed by atoms with Crippen molar-refractivity contribution >= 4 is 40.4 Å². The molecule has 60 valence electrons. The second-order valence-electron chi connectivity index (χ2n) is 3.02. The topological polar surface area (TPSA) is 13.1 Å². The first-order chi connectivity index (χ1) is 5.66. The van der Waals surface area contributed by atoms with E-state index in [4.69, 9.17) is 4.42 Å². The van der Waals surface area contributed by atoms with Gasteiger partial charge in [0.2, 0.25) is 0 Å². The summed E-state index contributed by atoms with van der Waals surface area (Å²) in [4.78, 5) is 0. The Morgan fingerprint density at radius 3 is 2.83 bits per heavy atom. The van der Waals surface area contributed by atoms with Crippen molar-refractivity contribution in [1.29, 1.82) is 0 Å². The quantitative estimate of drug-likeness (QED) is 0.620. The standard InChI is InChI=1S/C9H8BBrO/c1-5-2-7(11)6-4-9(10)12-8(6)3-5/h2-4H,10H2,1H3. The maximum absolute atomic E-state index is 5.50. The summed E-state index contributed by atoms with van der Waals surface area (Å²) in [5.41, 5.74) is 3.12. The molecule has 0 unspecified atom stereocenters. The number of halogens is 1. The Kier molecular flexibility index (Phi) is 1.76. The molecule has 1 aromatic carbocycles. The summed E-state index contributed by atoms with van der Waals surface area (Å²) < 4.78 is 6.61. The van der Waals surface area contributed by atoms with Gasteiger partial charge in [0.1, 0.15) is 5.58 Å². The van der Waals surface area contributed by atoms with Crippen LogP contribution in [0.5, 0.6) is 0 Å². The molecule has 0 aliphatic rings. The van der Waals surface area contributed by atoms with Crippen molar-refractivity contribution in [3.05, 3.63) is 28.2 Å². The smallest absolute Gasteiger partial charge is 0.186 e. The molecular weight excluding hydrogens is 215 g/mol. The zero-order valence-electron chi connectivity index (χ0n) is 7.02. The molecule has 0 fully saturated rings. The van der Waals surface area contributed by atoms with E-state index in [-0.39, 0.29) is 0 Å². The molecule has 2 rings (SSSR count). The Labute approximate surface area is 80.3 Å². The van der Waals surface area contributed by atoms with E-state index < -0.39 is 0 Å². The van der Waals surface area contributed by atoms with Crippen LogP contribution in [-0.4, -0.2) is 7.85 Å². The molecule has 0 atom stereocenters. The highest BCUT2D eigenvalue weighted by molar-refractivity contribution is 9.10. The Morgan fingerprint density at radius 1 is 1.33 bits per heavy atom. The van der Waals surface area contributed by atoms with Gasteiger partial charge < -0.3 is 4.42 Å². The highest BCUT2D eigenvalue weighted by Gasteiger charge is 2.03. The van der Waals surface area contributed by atoms with E-state index in [1.165, 1.54) is 5.56 Å². The fourth-order valence-corrected chi connectivity index (χ4v) is 2.02. The molecule has 0 amide bonds. The highest BCUT2D eigenvalue weighted by Crippen LogP contribution is 2.25. The molecule has 0 saturated carbocycles. The third-order valence-electron chi connectivity index (χ3n) is 1.85. The molecule has 0 spiro atoms. The van der Waals surface area contributed by atoms with E-state index in [1.807, 2.05) is 20.0 Å². The minimum Gasteiger partial charge on any atom is -0.472 e. The molecule has 1 nitrogen and oxygen atoms in total. The van der Waals surface area contributed by atoms with Gasteiger partial charge in [0, 0.05) is 9.86 Å². The van der Waals surface area contributed by atoms with Crippen LogP contribution >= 0.6 is 15.9 Å². The first kappa shape index (κ1) is 7.93. The summed E-state index contributed by atoms with van der Waals surface area (Å²) in [6.45, 7) is 2.06. The lowest BCUT2D eigenvalue weighted by atomic mass is 10.1. The minimum atomic E-state index is 0.955. The number of aryl methyl sites for hydroxylation is 1. The van der Waals surface area contributed by atoms with Gasteiger partial charge in [-0.3, -0.25) is 0 Å². The van der Waals surface area contributed by atoms with Crippen LogP contribution in [0.15, 0.2) is 27.1 Å². The molecule has 0 radical (unpaired) electrons. The van der Waals surface area contributed by atoms with Crippen molar-refractivity contribution in [2.75, 3.05) is 0 Å². The van der Waals surface area contributed by atoms with E-state index >= 15 is 0 Å². The third kappa shape index (κ3) is 1.18. The summed E-state index contributed by atoms with van der Waals surface area (Å²) in [5.74, 6) is 0. The molecule has 0 aliphatic carbocycles. The number of rotatable bonds is 0. The fourth-order valence-electron chi connectivity index (χ4n) is 1.35. The lowest BCUT2D eigenvalue weighted by molar-refractivity contribution is 0.653. The summed E-state index contributed by atoms with van der Waals surface area (Å²) >= 11 is 3.50. The van der Waals surface area contributed by atoms with Crippen molar-refractivity contribution in [2.45, 2.75) is 6.92 Å². The van der Waals surface area contributed by atoms with Crippen LogP contribution in [0.2, 0.25) is 0 Å². The number of hydrogen-bond donors (Lipinski definition) is 0. The van der Waals surface area contributed by atoms with Crippen molar-refractivity contribution in [2.24, 2.45) is 0 Å². The zero-order valence-corrected chi connectivity index (χ0v) is 8.60. The van der Waals surface area contributed by atoms with E-state index in [1.54, 1.807) is 0 Å². The SMILES string of the molecule is Bc1cc2c(Br)cc(C)cc2o1. The Morgan fingerprint density at radius 2 is 2.08 bits per heavy atom. The minimum absolute atomic E-state index is 0.955. The van der Waals surface area contributed by atoms with Crippen LogP contribution in [0.3, 0.4) is 0 Å². The Balaban J connectivity index is 2.88. The molecule has 0 bridgehead atoms. The lowest BCUT2D eigenvalue weighted by Crippen LogP contribution is -1.92. The monoisotopic (exact) mass is 222 g/mol. The van der Waals surface area contributed by atoms with Gasteiger partial charge in [-0.2, -0.15) is 0 Å². The predicted molar refractivity (Wildman–Crippen MR) is 56.8 cm³/mol. The van der Waals surface area contributed by atoms with Gasteiger partial charge in [-0.05, 0) is 30.7 Å². The van der Waals surface area contributed by atoms with Gasteiger partial charge in [0.25, 0.3) is 0 Å². The normalized spacial score (nSPS) is 10.8. The maximum atomic E-state index is 5.50. The van der Waals surface area contributed by atoms with Gasteiger partial charge in [-0.15, -0.1) is 0 Å². The van der Waals surface area contributed by atoms with Gasteiger partial charge in [0.15, 0.2) is 7.85 Å². The maximum Gasteiger partial charge on any atom is 0.186 e. The van der Waals surface area contributed by atoms with Crippen LogP contribution in [-0.2, 0) is 0 Å². The van der Waals surface area contributed by atoms with E-state index in [0.29, 0.717) is 0 Å². The Bertz CT molecular complexity index is 433. The molecular formula is C9H8BBrO. The predicted octanol–water partition coefficient (Wildman–Crippen LogP) is 1.76. The van der Waals surface area contributed by atoms with Crippen LogP contribution < -0.4 is 5.66 Å². The van der Waals surface area contributed by atoms with Crippen molar-refractivity contribution < 1.29 is 4.42 Å². The third-order valence-corrected chi connectivity index (χ3v) is 2.51. The summed E-state index contributed by atoms with van der Waals surface area (Å²) in [6, 6.07) is 6.18. The number of fused-ring (bicyclic) bond motifs is 1. The molecule has 1 aromatic heterocycles. The summed E-state index contributed by atoms with van der Waals surface area (Å²) in [6.07, 6.45) is 0. The first-order valence-electron chi connectivity index (χ1n) is 3.83. The average Bonchev–Trinajstić information content (AvgIpc) is 2.29. The van der Waals surface area contributed by atoms with Crippen molar-refractivity contribution in [1.82, 2.24) is 0 Å². The summed E-state index contributed by atoms with van der Waals surface area (Å²) in [7, 11) is 1.96. The first-order valence-corrected chi connectivity index (χ1v) is 4.62. The second kappa shape index (κ2) is 2.66. The number of benzene rings is 1.